The van der Waals surface area contributed by atoms with Crippen molar-refractivity contribution in [3.8, 4) is 0 Å². The number of guanidine groups is 1. The lowest BCUT2D eigenvalue weighted by atomic mass is 9.79. The van der Waals surface area contributed by atoms with Crippen LogP contribution in [0.25, 0.3) is 0 Å². The standard InChI is InChI=1S/C21H39N5O/c1-4-22-20(23-12-18-7-5-9-25(14-18)13-17(2)3)26-10-6-8-21(16-26)11-19(27)24-15-21/h17-18H,4-16H2,1-3H3,(H,22,23)(H,24,27). The zero-order valence-corrected chi connectivity index (χ0v) is 17.6. The molecule has 0 bridgehead atoms. The molecule has 154 valence electrons. The Balaban J connectivity index is 1.60. The van der Waals surface area contributed by atoms with Gasteiger partial charge in [0, 0.05) is 57.6 Å². The third-order valence-electron chi connectivity index (χ3n) is 6.22. The minimum atomic E-state index is 0.116. The van der Waals surface area contributed by atoms with E-state index in [2.05, 4.69) is 41.2 Å². The Morgan fingerprint density at radius 1 is 1.37 bits per heavy atom. The highest BCUT2D eigenvalue weighted by molar-refractivity contribution is 5.81. The van der Waals surface area contributed by atoms with Crippen molar-refractivity contribution in [3.63, 3.8) is 0 Å². The second kappa shape index (κ2) is 9.26. The van der Waals surface area contributed by atoms with Gasteiger partial charge >= 0.3 is 0 Å². The Labute approximate surface area is 165 Å². The van der Waals surface area contributed by atoms with Crippen molar-refractivity contribution in [3.05, 3.63) is 0 Å². The maximum atomic E-state index is 11.8. The van der Waals surface area contributed by atoms with Gasteiger partial charge in [-0.1, -0.05) is 13.8 Å². The van der Waals surface area contributed by atoms with E-state index in [0.29, 0.717) is 12.3 Å². The maximum Gasteiger partial charge on any atom is 0.220 e. The quantitative estimate of drug-likeness (QED) is 0.568. The minimum Gasteiger partial charge on any atom is -0.357 e. The number of carbonyl (C=O) groups excluding carboxylic acids is 1. The summed E-state index contributed by atoms with van der Waals surface area (Å²) in [5.41, 5.74) is 0.116. The summed E-state index contributed by atoms with van der Waals surface area (Å²) in [6.07, 6.45) is 5.55. The van der Waals surface area contributed by atoms with Crippen molar-refractivity contribution in [2.45, 2.75) is 52.9 Å². The molecular formula is C21H39N5O. The summed E-state index contributed by atoms with van der Waals surface area (Å²) in [4.78, 5) is 21.8. The summed E-state index contributed by atoms with van der Waals surface area (Å²) < 4.78 is 0. The van der Waals surface area contributed by atoms with E-state index in [0.717, 1.165) is 57.4 Å². The van der Waals surface area contributed by atoms with E-state index in [4.69, 9.17) is 4.99 Å². The van der Waals surface area contributed by atoms with Gasteiger partial charge in [-0.25, -0.2) is 0 Å². The van der Waals surface area contributed by atoms with Crippen LogP contribution in [0.2, 0.25) is 0 Å². The molecule has 3 aliphatic heterocycles. The number of rotatable bonds is 5. The summed E-state index contributed by atoms with van der Waals surface area (Å²) in [5, 5.41) is 6.55. The smallest absolute Gasteiger partial charge is 0.220 e. The molecule has 27 heavy (non-hydrogen) atoms. The first kappa shape index (κ1) is 20.4. The minimum absolute atomic E-state index is 0.116. The molecule has 3 saturated heterocycles. The molecule has 0 aromatic carbocycles. The highest BCUT2D eigenvalue weighted by Crippen LogP contribution is 2.36. The average molecular weight is 378 g/mol. The number of aliphatic imine (C=N–C) groups is 1. The van der Waals surface area contributed by atoms with Gasteiger partial charge in [0.1, 0.15) is 0 Å². The van der Waals surface area contributed by atoms with Gasteiger partial charge in [-0.05, 0) is 51.0 Å². The van der Waals surface area contributed by atoms with Crippen LogP contribution in [0.4, 0.5) is 0 Å². The van der Waals surface area contributed by atoms with Gasteiger partial charge in [-0.15, -0.1) is 0 Å². The average Bonchev–Trinajstić information content (AvgIpc) is 2.98. The van der Waals surface area contributed by atoms with E-state index in [1.165, 1.54) is 32.5 Å². The predicted octanol–water partition coefficient (Wildman–Crippen LogP) is 1.92. The van der Waals surface area contributed by atoms with Gasteiger partial charge in [0.2, 0.25) is 5.91 Å². The van der Waals surface area contributed by atoms with Gasteiger partial charge in [-0.3, -0.25) is 9.79 Å². The molecule has 3 heterocycles. The van der Waals surface area contributed by atoms with Crippen LogP contribution < -0.4 is 10.6 Å². The summed E-state index contributed by atoms with van der Waals surface area (Å²) in [7, 11) is 0. The molecule has 3 aliphatic rings. The lowest BCUT2D eigenvalue weighted by molar-refractivity contribution is -0.119. The summed E-state index contributed by atoms with van der Waals surface area (Å²) in [5.74, 6) is 2.67. The molecule has 3 fully saturated rings. The molecule has 0 radical (unpaired) electrons. The Morgan fingerprint density at radius 3 is 2.93 bits per heavy atom. The van der Waals surface area contributed by atoms with Crippen molar-refractivity contribution >= 4 is 11.9 Å². The number of nitrogens with zero attached hydrogens (tertiary/aromatic N) is 3. The van der Waals surface area contributed by atoms with E-state index in [9.17, 15) is 4.79 Å². The Bertz CT molecular complexity index is 535. The molecule has 6 heteroatoms. The molecule has 2 atom stereocenters. The largest absolute Gasteiger partial charge is 0.357 e. The molecule has 0 aromatic rings. The number of likely N-dealkylation sites (tertiary alicyclic amines) is 2. The summed E-state index contributed by atoms with van der Waals surface area (Å²) in [6.45, 7) is 15.0. The lowest BCUT2D eigenvalue weighted by Crippen LogP contribution is -2.51. The van der Waals surface area contributed by atoms with E-state index in [1.807, 2.05) is 0 Å². The van der Waals surface area contributed by atoms with Crippen LogP contribution in [0.1, 0.15) is 52.9 Å². The second-order valence-corrected chi connectivity index (χ2v) is 9.33. The van der Waals surface area contributed by atoms with Gasteiger partial charge in [0.15, 0.2) is 5.96 Å². The van der Waals surface area contributed by atoms with E-state index >= 15 is 0 Å². The first-order valence-corrected chi connectivity index (χ1v) is 11.0. The molecule has 0 saturated carbocycles. The maximum absolute atomic E-state index is 11.8. The highest BCUT2D eigenvalue weighted by atomic mass is 16.1. The first-order chi connectivity index (χ1) is 13.0. The van der Waals surface area contributed by atoms with Crippen LogP contribution in [0.3, 0.4) is 0 Å². The van der Waals surface area contributed by atoms with Crippen LogP contribution in [0.5, 0.6) is 0 Å². The molecule has 2 unspecified atom stereocenters. The van der Waals surface area contributed by atoms with Gasteiger partial charge in [0.25, 0.3) is 0 Å². The van der Waals surface area contributed by atoms with Gasteiger partial charge in [-0.2, -0.15) is 0 Å². The molecule has 2 N–H and O–H groups in total. The fourth-order valence-electron chi connectivity index (χ4n) is 5.05. The Hall–Kier alpha value is -1.30. The Morgan fingerprint density at radius 2 is 2.22 bits per heavy atom. The zero-order valence-electron chi connectivity index (χ0n) is 17.6. The lowest BCUT2D eigenvalue weighted by Gasteiger charge is -2.41. The highest BCUT2D eigenvalue weighted by Gasteiger charge is 2.42. The van der Waals surface area contributed by atoms with Crippen LogP contribution in [0, 0.1) is 17.3 Å². The SMILES string of the molecule is CCNC(=NCC1CCCN(CC(C)C)C1)N1CCCC2(CNC(=O)C2)C1. The molecule has 1 spiro atoms. The molecule has 3 rings (SSSR count). The first-order valence-electron chi connectivity index (χ1n) is 11.0. The number of hydrogen-bond donors (Lipinski definition) is 2. The number of nitrogens with one attached hydrogen (secondary N) is 2. The zero-order chi connectivity index (χ0) is 19.3. The molecule has 6 nitrogen and oxygen atoms in total. The third-order valence-corrected chi connectivity index (χ3v) is 6.22. The predicted molar refractivity (Wildman–Crippen MR) is 111 cm³/mol. The van der Waals surface area contributed by atoms with Crippen LogP contribution >= 0.6 is 0 Å². The van der Waals surface area contributed by atoms with Crippen LogP contribution in [0.15, 0.2) is 4.99 Å². The number of piperidine rings is 2. The van der Waals surface area contributed by atoms with E-state index < -0.39 is 0 Å². The second-order valence-electron chi connectivity index (χ2n) is 9.33. The van der Waals surface area contributed by atoms with E-state index in [1.54, 1.807) is 0 Å². The Kier molecular flexibility index (Phi) is 7.01. The number of hydrogen-bond acceptors (Lipinski definition) is 3. The van der Waals surface area contributed by atoms with Crippen LogP contribution in [-0.2, 0) is 4.79 Å². The van der Waals surface area contributed by atoms with Crippen molar-refractivity contribution < 1.29 is 4.79 Å². The van der Waals surface area contributed by atoms with Gasteiger partial charge < -0.3 is 20.4 Å². The summed E-state index contributed by atoms with van der Waals surface area (Å²) in [6, 6.07) is 0. The van der Waals surface area contributed by atoms with Crippen molar-refractivity contribution in [2.24, 2.45) is 22.2 Å². The molecular weight excluding hydrogens is 338 g/mol. The fourth-order valence-corrected chi connectivity index (χ4v) is 5.05. The number of carbonyl (C=O) groups is 1. The summed E-state index contributed by atoms with van der Waals surface area (Å²) >= 11 is 0. The van der Waals surface area contributed by atoms with Crippen molar-refractivity contribution in [2.75, 3.05) is 52.4 Å². The van der Waals surface area contributed by atoms with Crippen molar-refractivity contribution in [1.29, 1.82) is 0 Å². The van der Waals surface area contributed by atoms with Gasteiger partial charge in [0.05, 0.1) is 0 Å². The van der Waals surface area contributed by atoms with Crippen molar-refractivity contribution in [1.82, 2.24) is 20.4 Å². The topological polar surface area (TPSA) is 60.0 Å². The normalized spacial score (nSPS) is 30.2. The van der Waals surface area contributed by atoms with Crippen LogP contribution in [-0.4, -0.2) is 74.0 Å². The third kappa shape index (κ3) is 5.59. The molecule has 1 amide bonds. The fraction of sp³-hybridized carbons (Fsp3) is 0.905. The monoisotopic (exact) mass is 377 g/mol. The molecule has 0 aromatic heterocycles. The number of amides is 1. The molecule has 0 aliphatic carbocycles. The van der Waals surface area contributed by atoms with E-state index in [-0.39, 0.29) is 11.3 Å².